The van der Waals surface area contributed by atoms with Crippen LogP contribution < -0.4 is 0 Å². The minimum atomic E-state index is 0.0279. The number of aldehydes is 1. The summed E-state index contributed by atoms with van der Waals surface area (Å²) in [5.41, 5.74) is 1.79. The van der Waals surface area contributed by atoms with Crippen molar-refractivity contribution in [3.63, 3.8) is 0 Å². The molecule has 4 heteroatoms. The average Bonchev–Trinajstić information content (AvgIpc) is 2.85. The molecule has 88 valence electrons. The molecular formula is C13H15N3O. The van der Waals surface area contributed by atoms with Gasteiger partial charge in [0.2, 0.25) is 0 Å². The number of nitrogens with zero attached hydrogens (tertiary/aromatic N) is 3. The first-order chi connectivity index (χ1) is 8.15. The SMILES string of the molecule is CC(=C(\C#N)C=O)/C(C#N)=C(\C)N1CCCC1. The zero-order chi connectivity index (χ0) is 12.8. The van der Waals surface area contributed by atoms with Gasteiger partial charge >= 0.3 is 0 Å². The Hall–Kier alpha value is -2.07. The summed E-state index contributed by atoms with van der Waals surface area (Å²) in [6.07, 6.45) is 2.75. The van der Waals surface area contributed by atoms with Crippen LogP contribution in [0.4, 0.5) is 0 Å². The molecule has 1 aliphatic rings. The van der Waals surface area contributed by atoms with Gasteiger partial charge in [-0.3, -0.25) is 4.79 Å². The van der Waals surface area contributed by atoms with Crippen molar-refractivity contribution in [2.24, 2.45) is 0 Å². The number of likely N-dealkylation sites (tertiary alicyclic amines) is 1. The van der Waals surface area contributed by atoms with Gasteiger partial charge in [-0.05, 0) is 32.3 Å². The fourth-order valence-corrected chi connectivity index (χ4v) is 1.98. The monoisotopic (exact) mass is 229 g/mol. The maximum atomic E-state index is 10.7. The molecule has 0 aromatic carbocycles. The molecule has 1 heterocycles. The second kappa shape index (κ2) is 5.86. The van der Waals surface area contributed by atoms with Crippen LogP contribution in [0.2, 0.25) is 0 Å². The lowest BCUT2D eigenvalue weighted by Gasteiger charge is -2.20. The highest BCUT2D eigenvalue weighted by molar-refractivity contribution is 5.82. The number of carbonyl (C=O) groups is 1. The van der Waals surface area contributed by atoms with Gasteiger partial charge in [-0.25, -0.2) is 0 Å². The molecule has 1 fully saturated rings. The molecule has 0 bridgehead atoms. The molecule has 17 heavy (non-hydrogen) atoms. The molecule has 1 aliphatic heterocycles. The first-order valence-corrected chi connectivity index (χ1v) is 5.58. The molecule has 4 nitrogen and oxygen atoms in total. The summed E-state index contributed by atoms with van der Waals surface area (Å²) in [5.74, 6) is 0. The molecule has 1 rings (SSSR count). The Balaban J connectivity index is 3.19. The van der Waals surface area contributed by atoms with Crippen molar-refractivity contribution in [2.45, 2.75) is 26.7 Å². The third-order valence-electron chi connectivity index (χ3n) is 3.07. The minimum absolute atomic E-state index is 0.0279. The third kappa shape index (κ3) is 2.73. The van der Waals surface area contributed by atoms with E-state index < -0.39 is 0 Å². The molecule has 1 saturated heterocycles. The molecule has 0 saturated carbocycles. The van der Waals surface area contributed by atoms with E-state index in [4.69, 9.17) is 5.26 Å². The summed E-state index contributed by atoms with van der Waals surface area (Å²) in [5, 5.41) is 18.0. The smallest absolute Gasteiger partial charge is 0.160 e. The van der Waals surface area contributed by atoms with Crippen molar-refractivity contribution in [3.05, 3.63) is 22.4 Å². The lowest BCUT2D eigenvalue weighted by atomic mass is 10.0. The topological polar surface area (TPSA) is 67.9 Å². The summed E-state index contributed by atoms with van der Waals surface area (Å²) in [4.78, 5) is 12.8. The third-order valence-corrected chi connectivity index (χ3v) is 3.07. The normalized spacial score (nSPS) is 17.8. The Labute approximate surface area is 101 Å². The van der Waals surface area contributed by atoms with Gasteiger partial charge in [0.25, 0.3) is 0 Å². The van der Waals surface area contributed by atoms with Gasteiger partial charge in [-0.1, -0.05) is 0 Å². The molecule has 0 aliphatic carbocycles. The van der Waals surface area contributed by atoms with E-state index in [1.54, 1.807) is 6.92 Å². The van der Waals surface area contributed by atoms with E-state index in [2.05, 4.69) is 11.0 Å². The zero-order valence-corrected chi connectivity index (χ0v) is 10.2. The quantitative estimate of drug-likeness (QED) is 0.321. The maximum Gasteiger partial charge on any atom is 0.160 e. The van der Waals surface area contributed by atoms with Gasteiger partial charge in [-0.2, -0.15) is 10.5 Å². The van der Waals surface area contributed by atoms with Crippen LogP contribution in [0.1, 0.15) is 26.7 Å². The second-order valence-electron chi connectivity index (χ2n) is 4.03. The lowest BCUT2D eigenvalue weighted by molar-refractivity contribution is -0.104. The van der Waals surface area contributed by atoms with Crippen LogP contribution in [0.15, 0.2) is 22.4 Å². The highest BCUT2D eigenvalue weighted by Crippen LogP contribution is 2.22. The summed E-state index contributed by atoms with van der Waals surface area (Å²) < 4.78 is 0. The molecule has 0 amide bonds. The number of nitriles is 2. The van der Waals surface area contributed by atoms with Gasteiger partial charge in [0, 0.05) is 18.8 Å². The van der Waals surface area contributed by atoms with Gasteiger partial charge in [0.1, 0.15) is 12.1 Å². The van der Waals surface area contributed by atoms with E-state index in [9.17, 15) is 10.1 Å². The van der Waals surface area contributed by atoms with Crippen LogP contribution in [0, 0.1) is 22.7 Å². The van der Waals surface area contributed by atoms with Crippen molar-refractivity contribution < 1.29 is 4.79 Å². The van der Waals surface area contributed by atoms with E-state index in [0.29, 0.717) is 17.4 Å². The lowest BCUT2D eigenvalue weighted by Crippen LogP contribution is -2.18. The van der Waals surface area contributed by atoms with Gasteiger partial charge in [-0.15, -0.1) is 0 Å². The van der Waals surface area contributed by atoms with Crippen molar-refractivity contribution in [2.75, 3.05) is 13.1 Å². The Bertz CT molecular complexity index is 454. The van der Waals surface area contributed by atoms with Crippen molar-refractivity contribution in [1.82, 2.24) is 4.90 Å². The number of hydrogen-bond donors (Lipinski definition) is 0. The van der Waals surface area contributed by atoms with Crippen molar-refractivity contribution in [1.29, 1.82) is 10.5 Å². The Morgan fingerprint density at radius 2 is 1.76 bits per heavy atom. The summed E-state index contributed by atoms with van der Waals surface area (Å²) >= 11 is 0. The first-order valence-electron chi connectivity index (χ1n) is 5.58. The summed E-state index contributed by atoms with van der Waals surface area (Å²) in [6, 6.07) is 3.92. The van der Waals surface area contributed by atoms with Crippen molar-refractivity contribution >= 4 is 6.29 Å². The highest BCUT2D eigenvalue weighted by atomic mass is 16.1. The average molecular weight is 229 g/mol. The number of hydrogen-bond acceptors (Lipinski definition) is 4. The fraction of sp³-hybridized carbons (Fsp3) is 0.462. The van der Waals surface area contributed by atoms with Crippen LogP contribution >= 0.6 is 0 Å². The predicted octanol–water partition coefficient (Wildman–Crippen LogP) is 1.92. The number of allylic oxidation sites excluding steroid dienone is 4. The zero-order valence-electron chi connectivity index (χ0n) is 10.2. The first kappa shape index (κ1) is 13.0. The molecule has 0 aromatic rings. The largest absolute Gasteiger partial charge is 0.374 e. The predicted molar refractivity (Wildman–Crippen MR) is 63.5 cm³/mol. The Morgan fingerprint density at radius 1 is 1.18 bits per heavy atom. The minimum Gasteiger partial charge on any atom is -0.374 e. The molecular weight excluding hydrogens is 214 g/mol. The molecule has 0 aromatic heterocycles. The van der Waals surface area contributed by atoms with Crippen LogP contribution in [0.5, 0.6) is 0 Å². The standard InChI is InChI=1S/C13H15N3O/c1-10(12(7-14)9-17)13(8-15)11(2)16-5-3-4-6-16/h9H,3-6H2,1-2H3/b12-10-,13-11+. The van der Waals surface area contributed by atoms with Crippen LogP contribution in [0.3, 0.4) is 0 Å². The van der Waals surface area contributed by atoms with E-state index in [1.807, 2.05) is 13.0 Å². The summed E-state index contributed by atoms with van der Waals surface area (Å²) in [6.45, 7) is 5.39. The second-order valence-corrected chi connectivity index (χ2v) is 4.03. The molecule has 0 atom stereocenters. The molecule has 0 spiro atoms. The van der Waals surface area contributed by atoms with E-state index >= 15 is 0 Å². The van der Waals surface area contributed by atoms with Crippen LogP contribution in [-0.2, 0) is 4.79 Å². The van der Waals surface area contributed by atoms with E-state index in [1.165, 1.54) is 0 Å². The molecule has 0 unspecified atom stereocenters. The van der Waals surface area contributed by atoms with Gasteiger partial charge < -0.3 is 4.90 Å². The maximum absolute atomic E-state index is 10.7. The van der Waals surface area contributed by atoms with E-state index in [0.717, 1.165) is 31.6 Å². The highest BCUT2D eigenvalue weighted by Gasteiger charge is 2.17. The Kier molecular flexibility index (Phi) is 4.48. The van der Waals surface area contributed by atoms with Crippen LogP contribution in [-0.4, -0.2) is 24.3 Å². The number of carbonyl (C=O) groups excluding carboxylic acids is 1. The van der Waals surface area contributed by atoms with E-state index in [-0.39, 0.29) is 5.57 Å². The summed E-state index contributed by atoms with van der Waals surface area (Å²) in [7, 11) is 0. The van der Waals surface area contributed by atoms with Crippen LogP contribution in [0.25, 0.3) is 0 Å². The molecule has 0 N–H and O–H groups in total. The van der Waals surface area contributed by atoms with Gasteiger partial charge in [0.15, 0.2) is 6.29 Å². The number of rotatable bonds is 3. The fourth-order valence-electron chi connectivity index (χ4n) is 1.98. The van der Waals surface area contributed by atoms with Gasteiger partial charge in [0.05, 0.1) is 11.1 Å². The molecule has 0 radical (unpaired) electrons. The van der Waals surface area contributed by atoms with Crippen molar-refractivity contribution in [3.8, 4) is 12.1 Å². The Morgan fingerprint density at radius 3 is 2.18 bits per heavy atom.